The van der Waals surface area contributed by atoms with Gasteiger partial charge in [-0.05, 0) is 0 Å². The van der Waals surface area contributed by atoms with Gasteiger partial charge in [0.2, 0.25) is 5.91 Å². The number of Topliss-reactive ketones (excluding diaryl/α,β-unsaturated/α-hetero) is 1. The molecule has 1 heterocycles. The Bertz CT molecular complexity index is 279. The average molecular weight is 167 g/mol. The molecule has 1 rings (SSSR count). The quantitative estimate of drug-likeness (QED) is 0.480. The lowest BCUT2D eigenvalue weighted by molar-refractivity contribution is -0.119. The Hall–Kier alpha value is -1.65. The summed E-state index contributed by atoms with van der Waals surface area (Å²) in [5.41, 5.74) is 0.429. The van der Waals surface area contributed by atoms with Crippen molar-refractivity contribution in [3.05, 3.63) is 18.0 Å². The number of amides is 1. The van der Waals surface area contributed by atoms with E-state index in [2.05, 4.69) is 15.5 Å². The molecule has 0 aromatic carbocycles. The van der Waals surface area contributed by atoms with Gasteiger partial charge < -0.3 is 5.32 Å². The second-order valence-corrected chi connectivity index (χ2v) is 2.26. The maximum atomic E-state index is 11.2. The van der Waals surface area contributed by atoms with Crippen LogP contribution >= 0.6 is 0 Å². The molecule has 0 aliphatic heterocycles. The van der Waals surface area contributed by atoms with E-state index < -0.39 is 0 Å². The second-order valence-electron chi connectivity index (χ2n) is 2.26. The molecule has 0 fully saturated rings. The van der Waals surface area contributed by atoms with Gasteiger partial charge in [-0.2, -0.15) is 5.10 Å². The van der Waals surface area contributed by atoms with Crippen molar-refractivity contribution in [2.75, 3.05) is 7.05 Å². The minimum atomic E-state index is -0.291. The number of nitrogens with zero attached hydrogens (tertiary/aromatic N) is 1. The lowest BCUT2D eigenvalue weighted by Gasteiger charge is -1.95. The van der Waals surface area contributed by atoms with Gasteiger partial charge in [0.1, 0.15) is 0 Å². The van der Waals surface area contributed by atoms with Crippen LogP contribution in [0.2, 0.25) is 0 Å². The minimum Gasteiger partial charge on any atom is -0.359 e. The van der Waals surface area contributed by atoms with Crippen molar-refractivity contribution in [1.29, 1.82) is 0 Å². The number of ketones is 1. The fourth-order valence-electron chi connectivity index (χ4n) is 0.740. The van der Waals surface area contributed by atoms with E-state index >= 15 is 0 Å². The number of carbonyl (C=O) groups excluding carboxylic acids is 2. The molecular weight excluding hydrogens is 158 g/mol. The topological polar surface area (TPSA) is 74.8 Å². The molecule has 1 aromatic heterocycles. The third kappa shape index (κ3) is 1.91. The van der Waals surface area contributed by atoms with E-state index in [1.165, 1.54) is 19.4 Å². The van der Waals surface area contributed by atoms with E-state index in [4.69, 9.17) is 0 Å². The molecule has 0 radical (unpaired) electrons. The summed E-state index contributed by atoms with van der Waals surface area (Å²) in [7, 11) is 1.49. The summed E-state index contributed by atoms with van der Waals surface area (Å²) < 4.78 is 0. The summed E-state index contributed by atoms with van der Waals surface area (Å²) in [6.45, 7) is 0. The van der Waals surface area contributed by atoms with Crippen LogP contribution in [0.15, 0.2) is 12.4 Å². The van der Waals surface area contributed by atoms with Crippen LogP contribution in [-0.4, -0.2) is 28.9 Å². The number of H-pyrrole nitrogens is 1. The average Bonchev–Trinajstić information content (AvgIpc) is 2.56. The van der Waals surface area contributed by atoms with Gasteiger partial charge in [0.25, 0.3) is 0 Å². The van der Waals surface area contributed by atoms with Crippen molar-refractivity contribution in [1.82, 2.24) is 15.5 Å². The van der Waals surface area contributed by atoms with Crippen LogP contribution in [0, 0.1) is 0 Å². The number of nitrogens with one attached hydrogen (secondary N) is 2. The molecule has 0 saturated carbocycles. The van der Waals surface area contributed by atoms with Gasteiger partial charge in [0.05, 0.1) is 18.2 Å². The van der Waals surface area contributed by atoms with Gasteiger partial charge in [-0.1, -0.05) is 0 Å². The Kier molecular flexibility index (Phi) is 2.57. The van der Waals surface area contributed by atoms with Crippen molar-refractivity contribution in [2.24, 2.45) is 0 Å². The highest BCUT2D eigenvalue weighted by Gasteiger charge is 2.10. The van der Waals surface area contributed by atoms with Gasteiger partial charge in [-0.25, -0.2) is 0 Å². The van der Waals surface area contributed by atoms with Crippen molar-refractivity contribution < 1.29 is 9.59 Å². The minimum absolute atomic E-state index is 0.129. The Labute approximate surface area is 69.2 Å². The van der Waals surface area contributed by atoms with Crippen molar-refractivity contribution in [3.8, 4) is 0 Å². The number of hydrogen-bond donors (Lipinski definition) is 2. The van der Waals surface area contributed by atoms with Gasteiger partial charge in [-0.3, -0.25) is 14.7 Å². The standard InChI is InChI=1S/C7H9N3O2/c1-8-7(12)2-6(11)5-3-9-10-4-5/h3-4H,2H2,1H3,(H,8,12)(H,9,10). The van der Waals surface area contributed by atoms with E-state index in [-0.39, 0.29) is 18.1 Å². The van der Waals surface area contributed by atoms with E-state index in [0.717, 1.165) is 0 Å². The molecule has 5 nitrogen and oxygen atoms in total. The van der Waals surface area contributed by atoms with E-state index in [1.54, 1.807) is 0 Å². The normalized spacial score (nSPS) is 9.42. The molecular formula is C7H9N3O2. The molecule has 64 valence electrons. The summed E-state index contributed by atoms with van der Waals surface area (Å²) in [4.78, 5) is 21.9. The highest BCUT2D eigenvalue weighted by molar-refractivity contribution is 6.06. The largest absolute Gasteiger partial charge is 0.359 e. The van der Waals surface area contributed by atoms with Crippen molar-refractivity contribution >= 4 is 11.7 Å². The highest BCUT2D eigenvalue weighted by Crippen LogP contribution is 1.98. The SMILES string of the molecule is CNC(=O)CC(=O)c1cn[nH]c1. The third-order valence-corrected chi connectivity index (χ3v) is 1.42. The number of carbonyl (C=O) groups is 2. The number of hydrogen-bond acceptors (Lipinski definition) is 3. The summed E-state index contributed by atoms with van der Waals surface area (Å²) >= 11 is 0. The van der Waals surface area contributed by atoms with Gasteiger partial charge in [-0.15, -0.1) is 0 Å². The zero-order valence-corrected chi connectivity index (χ0v) is 6.63. The Balaban J connectivity index is 2.56. The van der Waals surface area contributed by atoms with E-state index in [1.807, 2.05) is 0 Å². The van der Waals surface area contributed by atoms with Gasteiger partial charge in [0.15, 0.2) is 5.78 Å². The smallest absolute Gasteiger partial charge is 0.227 e. The number of aromatic nitrogens is 2. The molecule has 2 N–H and O–H groups in total. The molecule has 0 atom stereocenters. The molecule has 12 heavy (non-hydrogen) atoms. The zero-order valence-electron chi connectivity index (χ0n) is 6.63. The number of rotatable bonds is 3. The highest BCUT2D eigenvalue weighted by atomic mass is 16.2. The Morgan fingerprint density at radius 2 is 2.42 bits per heavy atom. The predicted molar refractivity (Wildman–Crippen MR) is 41.6 cm³/mol. The first kappa shape index (κ1) is 8.45. The summed E-state index contributed by atoms with van der Waals surface area (Å²) in [6, 6.07) is 0. The van der Waals surface area contributed by atoms with Crippen LogP contribution in [0.25, 0.3) is 0 Å². The Morgan fingerprint density at radius 1 is 1.67 bits per heavy atom. The molecule has 0 unspecified atom stereocenters. The lowest BCUT2D eigenvalue weighted by Crippen LogP contribution is -2.21. The number of aromatic amines is 1. The first-order valence-electron chi connectivity index (χ1n) is 3.46. The third-order valence-electron chi connectivity index (χ3n) is 1.42. The summed E-state index contributed by atoms with van der Waals surface area (Å²) in [5.74, 6) is -0.524. The van der Waals surface area contributed by atoms with E-state index in [0.29, 0.717) is 5.56 Å². The van der Waals surface area contributed by atoms with Crippen LogP contribution in [0.1, 0.15) is 16.8 Å². The first-order valence-corrected chi connectivity index (χ1v) is 3.46. The Morgan fingerprint density at radius 3 is 2.92 bits per heavy atom. The van der Waals surface area contributed by atoms with Crippen LogP contribution in [0.5, 0.6) is 0 Å². The first-order chi connectivity index (χ1) is 5.74. The van der Waals surface area contributed by atoms with Crippen LogP contribution in [-0.2, 0) is 4.79 Å². The molecule has 0 aliphatic carbocycles. The van der Waals surface area contributed by atoms with Crippen LogP contribution < -0.4 is 5.32 Å². The molecule has 1 aromatic rings. The maximum Gasteiger partial charge on any atom is 0.227 e. The van der Waals surface area contributed by atoms with Gasteiger partial charge in [0, 0.05) is 13.2 Å². The monoisotopic (exact) mass is 167 g/mol. The molecule has 5 heteroatoms. The van der Waals surface area contributed by atoms with Crippen molar-refractivity contribution in [2.45, 2.75) is 6.42 Å². The fourth-order valence-corrected chi connectivity index (χ4v) is 0.740. The zero-order chi connectivity index (χ0) is 8.97. The van der Waals surface area contributed by atoms with Crippen molar-refractivity contribution in [3.63, 3.8) is 0 Å². The summed E-state index contributed by atoms with van der Waals surface area (Å²) in [5, 5.41) is 8.47. The summed E-state index contributed by atoms with van der Waals surface area (Å²) in [6.07, 6.45) is 2.73. The van der Waals surface area contributed by atoms with E-state index in [9.17, 15) is 9.59 Å². The van der Waals surface area contributed by atoms with Crippen LogP contribution in [0.3, 0.4) is 0 Å². The molecule has 1 amide bonds. The lowest BCUT2D eigenvalue weighted by atomic mass is 10.2. The molecule has 0 spiro atoms. The molecule has 0 bridgehead atoms. The molecule has 0 aliphatic rings. The second kappa shape index (κ2) is 3.66. The molecule has 0 saturated heterocycles. The fraction of sp³-hybridized carbons (Fsp3) is 0.286. The predicted octanol–water partition coefficient (Wildman–Crippen LogP) is -0.272. The van der Waals surface area contributed by atoms with Crippen LogP contribution in [0.4, 0.5) is 0 Å². The van der Waals surface area contributed by atoms with Gasteiger partial charge >= 0.3 is 0 Å². The maximum absolute atomic E-state index is 11.2.